The molecule has 1 heterocycles. The van der Waals surface area contributed by atoms with Crippen LogP contribution in [0.3, 0.4) is 0 Å². The van der Waals surface area contributed by atoms with Gasteiger partial charge in [0, 0.05) is 18.5 Å². The molecule has 0 bridgehead atoms. The van der Waals surface area contributed by atoms with Gasteiger partial charge >= 0.3 is 0 Å². The Morgan fingerprint density at radius 1 is 1.53 bits per heavy atom. The zero-order chi connectivity index (χ0) is 11.1. The van der Waals surface area contributed by atoms with E-state index < -0.39 is 0 Å². The molecule has 15 heavy (non-hydrogen) atoms. The molecule has 1 atom stereocenters. The zero-order valence-corrected chi connectivity index (χ0v) is 10.7. The van der Waals surface area contributed by atoms with Crippen molar-refractivity contribution in [1.82, 2.24) is 15.1 Å². The first-order chi connectivity index (χ1) is 7.33. The second kappa shape index (κ2) is 6.90. The SMILES string of the molecule is CCCNC(CSC)c1ccnn1CC. The molecule has 0 aliphatic rings. The van der Waals surface area contributed by atoms with Crippen LogP contribution in [0.2, 0.25) is 0 Å². The van der Waals surface area contributed by atoms with Crippen LogP contribution in [0.1, 0.15) is 32.0 Å². The fourth-order valence-electron chi connectivity index (χ4n) is 1.64. The van der Waals surface area contributed by atoms with E-state index in [0.717, 1.165) is 18.8 Å². The number of thioether (sulfide) groups is 1. The summed E-state index contributed by atoms with van der Waals surface area (Å²) >= 11 is 1.87. The van der Waals surface area contributed by atoms with Crippen molar-refractivity contribution in [3.63, 3.8) is 0 Å². The van der Waals surface area contributed by atoms with E-state index in [0.29, 0.717) is 6.04 Å². The molecule has 0 saturated heterocycles. The molecule has 4 heteroatoms. The molecule has 0 spiro atoms. The first kappa shape index (κ1) is 12.6. The monoisotopic (exact) mass is 227 g/mol. The Kier molecular flexibility index (Phi) is 5.79. The molecule has 0 aliphatic heterocycles. The van der Waals surface area contributed by atoms with Gasteiger partial charge in [0.25, 0.3) is 0 Å². The lowest BCUT2D eigenvalue weighted by atomic mass is 10.2. The Hall–Kier alpha value is -0.480. The van der Waals surface area contributed by atoms with E-state index in [4.69, 9.17) is 0 Å². The maximum absolute atomic E-state index is 4.31. The first-order valence-electron chi connectivity index (χ1n) is 5.57. The summed E-state index contributed by atoms with van der Waals surface area (Å²) in [6.07, 6.45) is 5.21. The van der Waals surface area contributed by atoms with Crippen LogP contribution in [0.4, 0.5) is 0 Å². The van der Waals surface area contributed by atoms with Gasteiger partial charge in [0.05, 0.1) is 11.7 Å². The zero-order valence-electron chi connectivity index (χ0n) is 9.86. The highest BCUT2D eigenvalue weighted by Crippen LogP contribution is 2.16. The number of aromatic nitrogens is 2. The summed E-state index contributed by atoms with van der Waals surface area (Å²) in [5.74, 6) is 1.10. The van der Waals surface area contributed by atoms with E-state index >= 15 is 0 Å². The summed E-state index contributed by atoms with van der Waals surface area (Å²) in [5.41, 5.74) is 1.31. The Labute approximate surface area is 96.6 Å². The second-order valence-electron chi connectivity index (χ2n) is 3.53. The highest BCUT2D eigenvalue weighted by atomic mass is 32.2. The van der Waals surface area contributed by atoms with Gasteiger partial charge in [0.1, 0.15) is 0 Å². The minimum atomic E-state index is 0.433. The van der Waals surface area contributed by atoms with Crippen molar-refractivity contribution in [2.45, 2.75) is 32.9 Å². The van der Waals surface area contributed by atoms with Crippen molar-refractivity contribution in [3.05, 3.63) is 18.0 Å². The smallest absolute Gasteiger partial charge is 0.0583 e. The molecule has 0 saturated carbocycles. The van der Waals surface area contributed by atoms with Crippen LogP contribution in [0.25, 0.3) is 0 Å². The molecule has 1 unspecified atom stereocenters. The Bertz CT molecular complexity index is 273. The van der Waals surface area contributed by atoms with E-state index in [-0.39, 0.29) is 0 Å². The van der Waals surface area contributed by atoms with Crippen LogP contribution < -0.4 is 5.32 Å². The van der Waals surface area contributed by atoms with E-state index in [1.54, 1.807) is 0 Å². The molecule has 86 valence electrons. The number of hydrogen-bond acceptors (Lipinski definition) is 3. The normalized spacial score (nSPS) is 13.0. The predicted octanol–water partition coefficient (Wildman–Crippen LogP) is 2.31. The predicted molar refractivity (Wildman–Crippen MR) is 67.3 cm³/mol. The van der Waals surface area contributed by atoms with Crippen LogP contribution in [-0.4, -0.2) is 28.3 Å². The molecule has 3 nitrogen and oxygen atoms in total. The summed E-state index contributed by atoms with van der Waals surface area (Å²) in [6.45, 7) is 6.34. The van der Waals surface area contributed by atoms with Crippen LogP contribution in [0.5, 0.6) is 0 Å². The number of nitrogens with zero attached hydrogens (tertiary/aromatic N) is 2. The average molecular weight is 227 g/mol. The largest absolute Gasteiger partial charge is 0.308 e. The van der Waals surface area contributed by atoms with Gasteiger partial charge in [-0.2, -0.15) is 16.9 Å². The van der Waals surface area contributed by atoms with E-state index in [1.165, 1.54) is 12.1 Å². The number of nitrogens with one attached hydrogen (secondary N) is 1. The van der Waals surface area contributed by atoms with Crippen molar-refractivity contribution >= 4 is 11.8 Å². The van der Waals surface area contributed by atoms with Gasteiger partial charge in [-0.3, -0.25) is 4.68 Å². The van der Waals surface area contributed by atoms with Gasteiger partial charge in [-0.1, -0.05) is 6.92 Å². The summed E-state index contributed by atoms with van der Waals surface area (Å²) in [6, 6.07) is 2.55. The molecule has 0 radical (unpaired) electrons. The summed E-state index contributed by atoms with van der Waals surface area (Å²) < 4.78 is 2.07. The maximum Gasteiger partial charge on any atom is 0.0583 e. The molecule has 0 aliphatic carbocycles. The number of aryl methyl sites for hydroxylation is 1. The van der Waals surface area contributed by atoms with Crippen molar-refractivity contribution in [2.24, 2.45) is 0 Å². The Balaban J connectivity index is 2.69. The molecular formula is C11H21N3S. The summed E-state index contributed by atoms with van der Waals surface area (Å²) in [7, 11) is 0. The number of rotatable bonds is 7. The van der Waals surface area contributed by atoms with E-state index in [1.807, 2.05) is 18.0 Å². The second-order valence-corrected chi connectivity index (χ2v) is 4.44. The first-order valence-corrected chi connectivity index (χ1v) is 6.96. The highest BCUT2D eigenvalue weighted by molar-refractivity contribution is 7.98. The van der Waals surface area contributed by atoms with Gasteiger partial charge in [0.15, 0.2) is 0 Å². The van der Waals surface area contributed by atoms with Gasteiger partial charge in [-0.25, -0.2) is 0 Å². The highest BCUT2D eigenvalue weighted by Gasteiger charge is 2.13. The molecular weight excluding hydrogens is 206 g/mol. The molecule has 0 aromatic carbocycles. The Morgan fingerprint density at radius 3 is 2.93 bits per heavy atom. The lowest BCUT2D eigenvalue weighted by Crippen LogP contribution is -2.26. The third kappa shape index (κ3) is 3.54. The van der Waals surface area contributed by atoms with Crippen LogP contribution in [0, 0.1) is 0 Å². The molecule has 1 rings (SSSR count). The van der Waals surface area contributed by atoms with Crippen LogP contribution >= 0.6 is 11.8 Å². The summed E-state index contributed by atoms with van der Waals surface area (Å²) in [4.78, 5) is 0. The molecule has 0 amide bonds. The minimum Gasteiger partial charge on any atom is -0.308 e. The molecule has 1 aromatic rings. The fraction of sp³-hybridized carbons (Fsp3) is 0.727. The third-order valence-electron chi connectivity index (χ3n) is 2.38. The van der Waals surface area contributed by atoms with Crippen molar-refractivity contribution in [1.29, 1.82) is 0 Å². The minimum absolute atomic E-state index is 0.433. The van der Waals surface area contributed by atoms with Gasteiger partial charge in [0.2, 0.25) is 0 Å². The fourth-order valence-corrected chi connectivity index (χ4v) is 2.26. The van der Waals surface area contributed by atoms with E-state index in [2.05, 4.69) is 41.3 Å². The number of hydrogen-bond donors (Lipinski definition) is 1. The van der Waals surface area contributed by atoms with Gasteiger partial charge in [-0.05, 0) is 32.2 Å². The lowest BCUT2D eigenvalue weighted by molar-refractivity contribution is 0.514. The summed E-state index contributed by atoms with van der Waals surface area (Å²) in [5, 5.41) is 7.88. The van der Waals surface area contributed by atoms with Crippen molar-refractivity contribution in [2.75, 3.05) is 18.6 Å². The standard InChI is InChI=1S/C11H21N3S/c1-4-7-12-10(9-15-3)11-6-8-13-14(11)5-2/h6,8,10,12H,4-5,7,9H2,1-3H3. The quantitative estimate of drug-likeness (QED) is 0.775. The van der Waals surface area contributed by atoms with Gasteiger partial charge in [-0.15, -0.1) is 0 Å². The topological polar surface area (TPSA) is 29.9 Å². The van der Waals surface area contributed by atoms with Crippen molar-refractivity contribution in [3.8, 4) is 0 Å². The molecule has 1 N–H and O–H groups in total. The Morgan fingerprint density at radius 2 is 2.33 bits per heavy atom. The van der Waals surface area contributed by atoms with Crippen LogP contribution in [0.15, 0.2) is 12.3 Å². The van der Waals surface area contributed by atoms with Crippen LogP contribution in [-0.2, 0) is 6.54 Å². The third-order valence-corrected chi connectivity index (χ3v) is 3.05. The maximum atomic E-state index is 4.31. The van der Waals surface area contributed by atoms with Crippen molar-refractivity contribution < 1.29 is 0 Å². The average Bonchev–Trinajstić information content (AvgIpc) is 2.72. The van der Waals surface area contributed by atoms with E-state index in [9.17, 15) is 0 Å². The molecule has 0 fully saturated rings. The lowest BCUT2D eigenvalue weighted by Gasteiger charge is -2.18. The van der Waals surface area contributed by atoms with Gasteiger partial charge < -0.3 is 5.32 Å². The molecule has 1 aromatic heterocycles.